The molecule has 0 bridgehead atoms. The van der Waals surface area contributed by atoms with Crippen molar-refractivity contribution in [2.75, 3.05) is 9.80 Å². The van der Waals surface area contributed by atoms with E-state index in [4.69, 9.17) is 0 Å². The van der Waals surface area contributed by atoms with Crippen molar-refractivity contribution >= 4 is 78.9 Å². The molecule has 3 heterocycles. The number of para-hydroxylation sites is 2. The maximum atomic E-state index is 2.72. The van der Waals surface area contributed by atoms with Gasteiger partial charge < -0.3 is 14.4 Å². The lowest BCUT2D eigenvalue weighted by atomic mass is 9.33. The number of hydrogen-bond acceptors (Lipinski definition) is 2. The number of benzene rings is 12. The summed E-state index contributed by atoms with van der Waals surface area (Å²) in [6.07, 6.45) is 8.99. The van der Waals surface area contributed by atoms with Crippen molar-refractivity contribution in [3.8, 4) is 50.2 Å². The smallest absolute Gasteiger partial charge is 0.252 e. The van der Waals surface area contributed by atoms with Crippen molar-refractivity contribution < 1.29 is 0 Å². The third-order valence-electron chi connectivity index (χ3n) is 19.6. The Bertz CT molecular complexity index is 4890. The van der Waals surface area contributed by atoms with Gasteiger partial charge in [-0.3, -0.25) is 0 Å². The maximum Gasteiger partial charge on any atom is 0.252 e. The molecular weight excluding hydrogens is 1050 g/mol. The molecule has 13 aromatic rings. The Labute approximate surface area is 510 Å². The van der Waals surface area contributed by atoms with E-state index in [-0.39, 0.29) is 12.8 Å². The number of fused-ring (bicyclic) bond motifs is 17. The van der Waals surface area contributed by atoms with Crippen LogP contribution in [-0.4, -0.2) is 17.3 Å². The van der Waals surface area contributed by atoms with Gasteiger partial charge in [-0.15, -0.1) is 0 Å². The summed E-state index contributed by atoms with van der Waals surface area (Å²) in [4.78, 5) is 5.43. The predicted molar refractivity (Wildman–Crippen MR) is 369 cm³/mol. The summed E-state index contributed by atoms with van der Waals surface area (Å²) in [5.74, 6) is 0. The van der Waals surface area contributed by atoms with Crippen molar-refractivity contribution in [3.05, 3.63) is 325 Å². The summed E-state index contributed by atoms with van der Waals surface area (Å²) in [6.45, 7) is 6.74. The fraction of sp³-hybridized carbons (Fsp3) is 0.0843. The van der Waals surface area contributed by atoms with Gasteiger partial charge in [-0.2, -0.15) is 0 Å². The second kappa shape index (κ2) is 20.1. The number of allylic oxidation sites excluding steroid dienone is 3. The lowest BCUT2D eigenvalue weighted by molar-refractivity contribution is 0.751. The quantitative estimate of drug-likeness (QED) is 0.0999. The van der Waals surface area contributed by atoms with Gasteiger partial charge in [-0.25, -0.2) is 0 Å². The third kappa shape index (κ3) is 7.50. The largest absolute Gasteiger partial charge is 0.335 e. The molecule has 2 aliphatic heterocycles. The Morgan fingerprint density at radius 2 is 0.966 bits per heavy atom. The average molecular weight is 1110 g/mol. The van der Waals surface area contributed by atoms with E-state index in [1.165, 1.54) is 150 Å². The molecule has 3 nitrogen and oxygen atoms in total. The van der Waals surface area contributed by atoms with Gasteiger partial charge in [0.15, 0.2) is 0 Å². The van der Waals surface area contributed by atoms with Gasteiger partial charge in [0.2, 0.25) is 0 Å². The van der Waals surface area contributed by atoms with E-state index in [9.17, 15) is 0 Å². The molecule has 1 atom stereocenters. The van der Waals surface area contributed by atoms with Crippen LogP contribution in [0.2, 0.25) is 0 Å². The van der Waals surface area contributed by atoms with Crippen molar-refractivity contribution in [2.24, 2.45) is 0 Å². The van der Waals surface area contributed by atoms with Gasteiger partial charge in [-0.05, 0) is 157 Å². The van der Waals surface area contributed by atoms with Gasteiger partial charge in [0, 0.05) is 39.1 Å². The molecule has 412 valence electrons. The summed E-state index contributed by atoms with van der Waals surface area (Å²) < 4.78 is 2.54. The monoisotopic (exact) mass is 1110 g/mol. The minimum Gasteiger partial charge on any atom is -0.335 e. The van der Waals surface area contributed by atoms with Gasteiger partial charge >= 0.3 is 0 Å². The molecule has 0 saturated carbocycles. The second-order valence-electron chi connectivity index (χ2n) is 24.0. The van der Waals surface area contributed by atoms with E-state index in [2.05, 4.69) is 326 Å². The van der Waals surface area contributed by atoms with Gasteiger partial charge in [0.1, 0.15) is 0 Å². The topological polar surface area (TPSA) is 11.4 Å². The van der Waals surface area contributed by atoms with E-state index in [0.717, 1.165) is 18.5 Å². The molecule has 0 amide bonds. The zero-order valence-electron chi connectivity index (χ0n) is 49.1. The Kier molecular flexibility index (Phi) is 11.8. The minimum atomic E-state index is -0.605. The maximum absolute atomic E-state index is 2.72. The summed E-state index contributed by atoms with van der Waals surface area (Å²) in [7, 11) is 0. The Balaban J connectivity index is 1.01. The van der Waals surface area contributed by atoms with E-state index >= 15 is 0 Å². The number of aryl methyl sites for hydroxylation is 1. The van der Waals surface area contributed by atoms with Crippen molar-refractivity contribution in [1.82, 2.24) is 4.57 Å². The van der Waals surface area contributed by atoms with Crippen LogP contribution < -0.4 is 26.2 Å². The summed E-state index contributed by atoms with van der Waals surface area (Å²) in [5, 5.41) is 2.48. The number of rotatable bonds is 10. The first-order valence-electron chi connectivity index (χ1n) is 31.0. The minimum absolute atomic E-state index is 0.0222. The Hall–Kier alpha value is -10.4. The molecule has 1 spiro atoms. The molecule has 0 fully saturated rings. The molecule has 4 aliphatic rings. The lowest BCUT2D eigenvalue weighted by Crippen LogP contribution is -2.62. The van der Waals surface area contributed by atoms with Crippen LogP contribution in [0.4, 0.5) is 28.4 Å². The summed E-state index contributed by atoms with van der Waals surface area (Å²) in [5.41, 5.74) is 31.9. The van der Waals surface area contributed by atoms with Gasteiger partial charge in [0.05, 0.1) is 33.9 Å². The SMILES string of the molecule is CCc1ccccc1/C(C)=C/C=CC(CC)N1c2ccc(-c3ccccc3)cc2B2c3cc(-c4ccccc4)ccc3N(c3cccc4c3C3(c5ccccc5-c5ccccc53)c3ccccc3-4)c3cc(-n4c5ccccc5c5ccccc54)cc1c32. The highest BCUT2D eigenvalue weighted by Gasteiger charge is 2.54. The summed E-state index contributed by atoms with van der Waals surface area (Å²) in [6, 6.07) is 103. The van der Waals surface area contributed by atoms with Crippen LogP contribution in [0.3, 0.4) is 0 Å². The normalized spacial score (nSPS) is 14.2. The first-order valence-corrected chi connectivity index (χ1v) is 31.0. The molecule has 17 rings (SSSR count). The molecule has 2 aliphatic carbocycles. The summed E-state index contributed by atoms with van der Waals surface area (Å²) >= 11 is 0. The third-order valence-corrected chi connectivity index (χ3v) is 19.6. The first kappa shape index (κ1) is 51.0. The van der Waals surface area contributed by atoms with Crippen molar-refractivity contribution in [3.63, 3.8) is 0 Å². The number of hydrogen-bond donors (Lipinski definition) is 0. The standard InChI is InChI=1S/C83H62BN3/c1-4-55-27-12-13-33-62(55)54(3)26-24-32-60(5-2)85-76-48-46-58(56-28-8-6-9-29-56)50-72(76)84-73-51-59(57-30-10-7-11-31-57)47-49-77(73)87(80-53-61(52-79(85)82(80)84)86-74-43-22-17-37-66(74)67-38-18-23-44-75(67)86)78-45-25-39-68-65-36-16-21-42-71(65)83(81(68)78)69-40-19-14-34-63(69)64-35-15-20-41-70(64)83/h6-53,60H,4-5H2,1-3H3/b32-24?,54-26+. The van der Waals surface area contributed by atoms with Crippen LogP contribution >= 0.6 is 0 Å². The highest BCUT2D eigenvalue weighted by atomic mass is 15.2. The van der Waals surface area contributed by atoms with Gasteiger partial charge in [0.25, 0.3) is 6.71 Å². The molecule has 1 aromatic heterocycles. The first-order chi connectivity index (χ1) is 43.0. The highest BCUT2D eigenvalue weighted by Crippen LogP contribution is 2.65. The molecule has 0 saturated heterocycles. The van der Waals surface area contributed by atoms with Gasteiger partial charge in [-0.1, -0.05) is 263 Å². The Morgan fingerprint density at radius 1 is 0.448 bits per heavy atom. The van der Waals surface area contributed by atoms with Crippen LogP contribution in [0.1, 0.15) is 60.6 Å². The molecule has 4 heteroatoms. The zero-order chi connectivity index (χ0) is 57.9. The van der Waals surface area contributed by atoms with Crippen LogP contribution in [0.5, 0.6) is 0 Å². The van der Waals surface area contributed by atoms with E-state index < -0.39 is 5.41 Å². The van der Waals surface area contributed by atoms with Crippen LogP contribution in [0, 0.1) is 0 Å². The van der Waals surface area contributed by atoms with Crippen LogP contribution in [0.15, 0.2) is 291 Å². The number of nitrogens with zero attached hydrogens (tertiary/aromatic N) is 3. The van der Waals surface area contributed by atoms with E-state index in [0.29, 0.717) is 0 Å². The number of anilines is 5. The fourth-order valence-corrected chi connectivity index (χ4v) is 15.9. The molecule has 0 radical (unpaired) electrons. The molecule has 12 aromatic carbocycles. The van der Waals surface area contributed by atoms with E-state index in [1.807, 2.05) is 0 Å². The Morgan fingerprint density at radius 3 is 1.59 bits per heavy atom. The lowest BCUT2D eigenvalue weighted by Gasteiger charge is -2.47. The fourth-order valence-electron chi connectivity index (χ4n) is 15.9. The highest BCUT2D eigenvalue weighted by molar-refractivity contribution is 7.00. The average Bonchev–Trinajstić information content (AvgIpc) is 1.61. The van der Waals surface area contributed by atoms with Crippen molar-refractivity contribution in [1.29, 1.82) is 0 Å². The van der Waals surface area contributed by atoms with Crippen LogP contribution in [-0.2, 0) is 11.8 Å². The second-order valence-corrected chi connectivity index (χ2v) is 24.0. The molecule has 87 heavy (non-hydrogen) atoms. The number of aromatic nitrogens is 1. The molecular formula is C83H62BN3. The van der Waals surface area contributed by atoms with E-state index in [1.54, 1.807) is 0 Å². The zero-order valence-corrected chi connectivity index (χ0v) is 49.1. The predicted octanol–water partition coefficient (Wildman–Crippen LogP) is 19.2. The van der Waals surface area contributed by atoms with Crippen LogP contribution in [0.25, 0.3) is 77.6 Å². The van der Waals surface area contributed by atoms with Crippen molar-refractivity contribution in [2.45, 2.75) is 45.1 Å². The molecule has 1 unspecified atom stereocenters. The molecule has 0 N–H and O–H groups in total.